The third-order valence-electron chi connectivity index (χ3n) is 2.32. The molecule has 70 valence electrons. The minimum absolute atomic E-state index is 0.200. The summed E-state index contributed by atoms with van der Waals surface area (Å²) < 4.78 is 0. The largest absolute Gasteiger partial charge is 0.320 e. The first-order valence-corrected chi connectivity index (χ1v) is 5.33. The number of fused-ring (bicyclic) bond motifs is 1. The van der Waals surface area contributed by atoms with Crippen LogP contribution in [-0.4, -0.2) is 4.98 Å². The van der Waals surface area contributed by atoms with Gasteiger partial charge in [-0.05, 0) is 6.07 Å². The number of nitrogens with zero attached hydrogens (tertiary/aromatic N) is 1. The molecule has 2 heterocycles. The van der Waals surface area contributed by atoms with Crippen molar-refractivity contribution in [3.05, 3.63) is 46.4 Å². The standard InChI is InChI=1S/C10H9N3S/c1-2-4-8-7(3-1)9(13-12-8)10-11-5-6-14-10/h1-6,9,12-13H. The number of anilines is 1. The fraction of sp³-hybridized carbons (Fsp3) is 0.100. The fourth-order valence-electron chi connectivity index (χ4n) is 1.66. The third kappa shape index (κ3) is 1.12. The number of para-hydroxylation sites is 1. The molecule has 3 rings (SSSR count). The molecule has 0 amide bonds. The number of hydrazine groups is 1. The molecule has 0 spiro atoms. The van der Waals surface area contributed by atoms with E-state index in [1.54, 1.807) is 11.3 Å². The molecule has 1 atom stereocenters. The second kappa shape index (κ2) is 3.08. The van der Waals surface area contributed by atoms with Gasteiger partial charge in [0.2, 0.25) is 0 Å². The lowest BCUT2D eigenvalue weighted by Crippen LogP contribution is -2.19. The molecule has 1 unspecified atom stereocenters. The summed E-state index contributed by atoms with van der Waals surface area (Å²) in [6.07, 6.45) is 1.84. The van der Waals surface area contributed by atoms with Gasteiger partial charge >= 0.3 is 0 Å². The van der Waals surface area contributed by atoms with E-state index in [0.29, 0.717) is 0 Å². The van der Waals surface area contributed by atoms with E-state index in [-0.39, 0.29) is 6.04 Å². The van der Waals surface area contributed by atoms with Crippen molar-refractivity contribution in [3.63, 3.8) is 0 Å². The van der Waals surface area contributed by atoms with E-state index in [1.807, 2.05) is 23.7 Å². The Bertz CT molecular complexity index is 438. The Labute approximate surface area is 85.8 Å². The van der Waals surface area contributed by atoms with Gasteiger partial charge in [-0.3, -0.25) is 0 Å². The van der Waals surface area contributed by atoms with Gasteiger partial charge in [0.25, 0.3) is 0 Å². The maximum Gasteiger partial charge on any atom is 0.116 e. The normalized spacial score (nSPS) is 19.0. The molecule has 2 aromatic rings. The summed E-state index contributed by atoms with van der Waals surface area (Å²) in [4.78, 5) is 4.31. The van der Waals surface area contributed by atoms with Crippen molar-refractivity contribution in [1.82, 2.24) is 10.4 Å². The highest BCUT2D eigenvalue weighted by Crippen LogP contribution is 2.33. The minimum atomic E-state index is 0.200. The number of aromatic nitrogens is 1. The van der Waals surface area contributed by atoms with Crippen molar-refractivity contribution in [2.75, 3.05) is 5.43 Å². The molecule has 0 fully saturated rings. The van der Waals surface area contributed by atoms with Crippen LogP contribution in [0.3, 0.4) is 0 Å². The highest BCUT2D eigenvalue weighted by molar-refractivity contribution is 7.09. The zero-order chi connectivity index (χ0) is 9.38. The average molecular weight is 203 g/mol. The van der Waals surface area contributed by atoms with Gasteiger partial charge in [-0.1, -0.05) is 18.2 Å². The van der Waals surface area contributed by atoms with Crippen LogP contribution in [0.4, 0.5) is 5.69 Å². The summed E-state index contributed by atoms with van der Waals surface area (Å²) in [6, 6.07) is 8.46. The van der Waals surface area contributed by atoms with Crippen molar-refractivity contribution in [2.45, 2.75) is 6.04 Å². The highest BCUT2D eigenvalue weighted by Gasteiger charge is 2.24. The molecule has 4 heteroatoms. The smallest absolute Gasteiger partial charge is 0.116 e. The Balaban J connectivity index is 2.06. The van der Waals surface area contributed by atoms with Gasteiger partial charge in [0.15, 0.2) is 0 Å². The summed E-state index contributed by atoms with van der Waals surface area (Å²) in [7, 11) is 0. The number of rotatable bonds is 1. The summed E-state index contributed by atoms with van der Waals surface area (Å²) in [5.74, 6) is 0. The van der Waals surface area contributed by atoms with Gasteiger partial charge in [-0.2, -0.15) is 0 Å². The molecule has 0 bridgehead atoms. The Hall–Kier alpha value is -1.39. The van der Waals surface area contributed by atoms with Crippen LogP contribution < -0.4 is 10.9 Å². The zero-order valence-electron chi connectivity index (χ0n) is 7.40. The Kier molecular flexibility index (Phi) is 1.75. The van der Waals surface area contributed by atoms with Crippen LogP contribution in [0.1, 0.15) is 16.6 Å². The molecular formula is C10H9N3S. The second-order valence-electron chi connectivity index (χ2n) is 3.16. The topological polar surface area (TPSA) is 37.0 Å². The number of benzene rings is 1. The second-order valence-corrected chi connectivity index (χ2v) is 4.09. The van der Waals surface area contributed by atoms with Crippen LogP contribution in [0.5, 0.6) is 0 Å². The first-order chi connectivity index (χ1) is 6.95. The maximum absolute atomic E-state index is 4.31. The van der Waals surface area contributed by atoms with Crippen molar-refractivity contribution in [1.29, 1.82) is 0 Å². The molecular weight excluding hydrogens is 194 g/mol. The summed E-state index contributed by atoms with van der Waals surface area (Å²) in [6.45, 7) is 0. The van der Waals surface area contributed by atoms with E-state index < -0.39 is 0 Å². The van der Waals surface area contributed by atoms with Gasteiger partial charge in [-0.15, -0.1) is 11.3 Å². The van der Waals surface area contributed by atoms with Crippen LogP contribution in [0.15, 0.2) is 35.8 Å². The van der Waals surface area contributed by atoms with Crippen molar-refractivity contribution in [2.24, 2.45) is 0 Å². The van der Waals surface area contributed by atoms with Crippen molar-refractivity contribution >= 4 is 17.0 Å². The van der Waals surface area contributed by atoms with Crippen molar-refractivity contribution < 1.29 is 0 Å². The summed E-state index contributed by atoms with van der Waals surface area (Å²) >= 11 is 1.67. The number of nitrogens with one attached hydrogen (secondary N) is 2. The average Bonchev–Trinajstić information content (AvgIpc) is 2.85. The molecule has 3 nitrogen and oxygen atoms in total. The van der Waals surface area contributed by atoms with E-state index in [4.69, 9.17) is 0 Å². The van der Waals surface area contributed by atoms with Crippen LogP contribution >= 0.6 is 11.3 Å². The Morgan fingerprint density at radius 3 is 3.07 bits per heavy atom. The molecule has 0 radical (unpaired) electrons. The SMILES string of the molecule is c1ccc2c(c1)NNC2c1nccs1. The fourth-order valence-corrected chi connectivity index (χ4v) is 2.37. The van der Waals surface area contributed by atoms with Crippen LogP contribution in [0.2, 0.25) is 0 Å². The lowest BCUT2D eigenvalue weighted by Gasteiger charge is -2.05. The Morgan fingerprint density at radius 1 is 1.29 bits per heavy atom. The van der Waals surface area contributed by atoms with Crippen molar-refractivity contribution in [3.8, 4) is 0 Å². The molecule has 1 aromatic heterocycles. The van der Waals surface area contributed by atoms with Crippen LogP contribution in [-0.2, 0) is 0 Å². The molecule has 1 aliphatic heterocycles. The van der Waals surface area contributed by atoms with E-state index in [2.05, 4.69) is 28.0 Å². The van der Waals surface area contributed by atoms with E-state index in [9.17, 15) is 0 Å². The monoisotopic (exact) mass is 203 g/mol. The Morgan fingerprint density at radius 2 is 2.21 bits per heavy atom. The third-order valence-corrected chi connectivity index (χ3v) is 3.16. The van der Waals surface area contributed by atoms with Gasteiger partial charge in [0.05, 0.1) is 5.69 Å². The van der Waals surface area contributed by atoms with Gasteiger partial charge < -0.3 is 5.43 Å². The molecule has 2 N–H and O–H groups in total. The van der Waals surface area contributed by atoms with Gasteiger partial charge in [-0.25, -0.2) is 10.4 Å². The molecule has 0 aliphatic carbocycles. The lowest BCUT2D eigenvalue weighted by atomic mass is 10.1. The molecule has 0 saturated heterocycles. The molecule has 14 heavy (non-hydrogen) atoms. The minimum Gasteiger partial charge on any atom is -0.320 e. The van der Waals surface area contributed by atoms with Crippen LogP contribution in [0, 0.1) is 0 Å². The maximum atomic E-state index is 4.31. The van der Waals surface area contributed by atoms with E-state index in [0.717, 1.165) is 10.7 Å². The molecule has 1 aromatic carbocycles. The molecule has 1 aliphatic rings. The summed E-state index contributed by atoms with van der Waals surface area (Å²) in [5, 5.41) is 3.10. The first kappa shape index (κ1) is 7.96. The van der Waals surface area contributed by atoms with E-state index >= 15 is 0 Å². The zero-order valence-corrected chi connectivity index (χ0v) is 8.21. The lowest BCUT2D eigenvalue weighted by molar-refractivity contribution is 0.722. The quantitative estimate of drug-likeness (QED) is 0.745. The number of hydrogen-bond acceptors (Lipinski definition) is 4. The number of thiazole rings is 1. The van der Waals surface area contributed by atoms with Gasteiger partial charge in [0, 0.05) is 17.1 Å². The predicted octanol–water partition coefficient (Wildman–Crippen LogP) is 2.16. The van der Waals surface area contributed by atoms with E-state index in [1.165, 1.54) is 5.56 Å². The molecule has 0 saturated carbocycles. The first-order valence-electron chi connectivity index (χ1n) is 4.45. The highest BCUT2D eigenvalue weighted by atomic mass is 32.1. The van der Waals surface area contributed by atoms with Crippen LogP contribution in [0.25, 0.3) is 0 Å². The van der Waals surface area contributed by atoms with Gasteiger partial charge in [0.1, 0.15) is 11.0 Å². The number of hydrogen-bond donors (Lipinski definition) is 2. The summed E-state index contributed by atoms with van der Waals surface area (Å²) in [5.41, 5.74) is 8.79. The predicted molar refractivity (Wildman–Crippen MR) is 57.2 cm³/mol.